The normalized spacial score (nSPS) is 26.6. The van der Waals surface area contributed by atoms with Gasteiger partial charge in [-0.05, 0) is 42.9 Å². The summed E-state index contributed by atoms with van der Waals surface area (Å²) in [5.41, 5.74) is 2.88. The quantitative estimate of drug-likeness (QED) is 0.543. The predicted molar refractivity (Wildman–Crippen MR) is 80.9 cm³/mol. The average molecular weight is 282 g/mol. The molecular formula is C18H28F2. The summed E-state index contributed by atoms with van der Waals surface area (Å²) in [5, 5.41) is 0. The minimum Gasteiger partial charge on any atom is -0.207 e. The number of hydrogen-bond donors (Lipinski definition) is 0. The molecule has 2 aliphatic carbocycles. The Morgan fingerprint density at radius 3 is 2.50 bits per heavy atom. The van der Waals surface area contributed by atoms with Crippen LogP contribution in [0.15, 0.2) is 23.3 Å². The lowest BCUT2D eigenvalue weighted by Gasteiger charge is -2.34. The lowest BCUT2D eigenvalue weighted by atomic mass is 9.72. The van der Waals surface area contributed by atoms with Crippen LogP contribution in [0, 0.1) is 17.3 Å². The van der Waals surface area contributed by atoms with Gasteiger partial charge in [-0.25, -0.2) is 8.78 Å². The van der Waals surface area contributed by atoms with E-state index in [9.17, 15) is 8.78 Å². The molecule has 0 saturated carbocycles. The van der Waals surface area contributed by atoms with E-state index in [-0.39, 0.29) is 18.3 Å². The number of allylic oxidation sites excluding steroid dienone is 4. The van der Waals surface area contributed by atoms with Gasteiger partial charge in [-0.1, -0.05) is 51.0 Å². The smallest absolute Gasteiger partial charge is 0.207 e. The summed E-state index contributed by atoms with van der Waals surface area (Å²) in [4.78, 5) is 0. The van der Waals surface area contributed by atoms with Gasteiger partial charge in [0.25, 0.3) is 5.92 Å². The van der Waals surface area contributed by atoms with Crippen LogP contribution in [0.25, 0.3) is 0 Å². The minimum atomic E-state index is -2.47. The molecule has 0 fully saturated rings. The van der Waals surface area contributed by atoms with Crippen molar-refractivity contribution in [3.8, 4) is 0 Å². The molecule has 0 aliphatic heterocycles. The van der Waals surface area contributed by atoms with Crippen molar-refractivity contribution in [1.82, 2.24) is 0 Å². The molecule has 0 aromatic heterocycles. The highest BCUT2D eigenvalue weighted by Gasteiger charge is 2.36. The van der Waals surface area contributed by atoms with Gasteiger partial charge in [0.1, 0.15) is 0 Å². The van der Waals surface area contributed by atoms with Crippen molar-refractivity contribution < 1.29 is 8.78 Å². The number of hydrogen-bond acceptors (Lipinski definition) is 0. The second-order valence-electron chi connectivity index (χ2n) is 7.57. The molecule has 2 rings (SSSR count). The zero-order valence-corrected chi connectivity index (χ0v) is 13.3. The second-order valence-corrected chi connectivity index (χ2v) is 7.57. The van der Waals surface area contributed by atoms with Crippen molar-refractivity contribution in [1.29, 1.82) is 0 Å². The summed E-state index contributed by atoms with van der Waals surface area (Å²) in [6, 6.07) is 0. The molecule has 0 amide bonds. The van der Waals surface area contributed by atoms with Crippen molar-refractivity contribution >= 4 is 0 Å². The van der Waals surface area contributed by atoms with Gasteiger partial charge in [0, 0.05) is 12.8 Å². The third-order valence-corrected chi connectivity index (χ3v) is 5.04. The van der Waals surface area contributed by atoms with Crippen molar-refractivity contribution in [2.75, 3.05) is 0 Å². The van der Waals surface area contributed by atoms with Crippen LogP contribution in [0.5, 0.6) is 0 Å². The van der Waals surface area contributed by atoms with Crippen molar-refractivity contribution in [3.63, 3.8) is 0 Å². The van der Waals surface area contributed by atoms with Gasteiger partial charge in [0.15, 0.2) is 0 Å². The Balaban J connectivity index is 2.00. The summed E-state index contributed by atoms with van der Waals surface area (Å²) >= 11 is 0. The molecule has 20 heavy (non-hydrogen) atoms. The number of halogens is 2. The van der Waals surface area contributed by atoms with Gasteiger partial charge < -0.3 is 0 Å². The average Bonchev–Trinajstić information content (AvgIpc) is 2.76. The minimum absolute atomic E-state index is 0.0278. The van der Waals surface area contributed by atoms with Crippen LogP contribution in [0.4, 0.5) is 8.78 Å². The Kier molecular flexibility index (Phi) is 4.41. The summed E-state index contributed by atoms with van der Waals surface area (Å²) in [5.74, 6) is -1.20. The van der Waals surface area contributed by atoms with Crippen molar-refractivity contribution in [3.05, 3.63) is 23.3 Å². The van der Waals surface area contributed by atoms with Crippen LogP contribution in [0.3, 0.4) is 0 Å². The highest BCUT2D eigenvalue weighted by molar-refractivity contribution is 5.19. The van der Waals surface area contributed by atoms with E-state index in [1.807, 2.05) is 6.08 Å². The first-order valence-corrected chi connectivity index (χ1v) is 7.97. The maximum Gasteiger partial charge on any atom is 0.251 e. The second kappa shape index (κ2) is 5.61. The van der Waals surface area contributed by atoms with Gasteiger partial charge in [0.05, 0.1) is 0 Å². The Morgan fingerprint density at radius 1 is 1.30 bits per heavy atom. The highest BCUT2D eigenvalue weighted by Crippen LogP contribution is 2.45. The van der Waals surface area contributed by atoms with Crippen molar-refractivity contribution in [2.45, 2.75) is 72.1 Å². The van der Waals surface area contributed by atoms with Crippen LogP contribution < -0.4 is 0 Å². The maximum atomic E-state index is 13.3. The van der Waals surface area contributed by atoms with E-state index >= 15 is 0 Å². The van der Waals surface area contributed by atoms with Crippen LogP contribution in [0.2, 0.25) is 0 Å². The molecule has 114 valence electrons. The molecular weight excluding hydrogens is 254 g/mol. The molecule has 0 nitrogen and oxygen atoms in total. The fourth-order valence-corrected chi connectivity index (χ4v) is 3.66. The predicted octanol–water partition coefficient (Wildman–Crippen LogP) is 6.14. The zero-order valence-electron chi connectivity index (χ0n) is 13.3. The molecule has 0 saturated heterocycles. The van der Waals surface area contributed by atoms with E-state index in [1.165, 1.54) is 18.4 Å². The first-order valence-electron chi connectivity index (χ1n) is 7.97. The summed E-state index contributed by atoms with van der Waals surface area (Å²) in [6.45, 7) is 8.96. The molecule has 0 aromatic carbocycles. The fourth-order valence-electron chi connectivity index (χ4n) is 3.66. The maximum absolute atomic E-state index is 13.3. The van der Waals surface area contributed by atoms with E-state index < -0.39 is 5.92 Å². The summed E-state index contributed by atoms with van der Waals surface area (Å²) < 4.78 is 26.5. The Bertz CT molecular complexity index is 413. The van der Waals surface area contributed by atoms with Crippen LogP contribution in [0.1, 0.15) is 66.2 Å². The Labute approximate surface area is 122 Å². The van der Waals surface area contributed by atoms with E-state index in [0.717, 1.165) is 6.42 Å². The van der Waals surface area contributed by atoms with Gasteiger partial charge in [-0.3, -0.25) is 0 Å². The van der Waals surface area contributed by atoms with Gasteiger partial charge in [-0.2, -0.15) is 0 Å². The zero-order chi connectivity index (χ0) is 15.0. The topological polar surface area (TPSA) is 0 Å². The third kappa shape index (κ3) is 3.71. The van der Waals surface area contributed by atoms with E-state index in [1.54, 1.807) is 5.57 Å². The molecule has 0 spiro atoms. The molecule has 0 heterocycles. The van der Waals surface area contributed by atoms with Crippen LogP contribution in [-0.2, 0) is 0 Å². The summed E-state index contributed by atoms with van der Waals surface area (Å²) in [6.07, 6.45) is 8.34. The van der Waals surface area contributed by atoms with Crippen LogP contribution >= 0.6 is 0 Å². The van der Waals surface area contributed by atoms with Crippen molar-refractivity contribution in [2.24, 2.45) is 17.3 Å². The SMILES string of the molecule is CC(C)C1=CC(CC(C)(C)C2=CCC(F)(F)CC2)CC1. The molecule has 1 unspecified atom stereocenters. The molecule has 2 heteroatoms. The standard InChI is InChI=1S/C18H28F2/c1-13(2)15-6-5-14(11-15)12-17(3,4)16-7-9-18(19,20)10-8-16/h7,11,13-14H,5-6,8-10,12H2,1-4H3. The largest absolute Gasteiger partial charge is 0.251 e. The molecule has 0 aromatic rings. The molecule has 2 aliphatic rings. The summed E-state index contributed by atoms with van der Waals surface area (Å²) in [7, 11) is 0. The fraction of sp³-hybridized carbons (Fsp3) is 0.778. The van der Waals surface area contributed by atoms with E-state index in [0.29, 0.717) is 18.3 Å². The van der Waals surface area contributed by atoms with Gasteiger partial charge in [0.2, 0.25) is 0 Å². The number of alkyl halides is 2. The monoisotopic (exact) mass is 282 g/mol. The first-order chi connectivity index (χ1) is 9.20. The lowest BCUT2D eigenvalue weighted by Crippen LogP contribution is -2.25. The molecule has 0 bridgehead atoms. The van der Waals surface area contributed by atoms with Gasteiger partial charge >= 0.3 is 0 Å². The lowest BCUT2D eigenvalue weighted by molar-refractivity contribution is -0.0109. The Hall–Kier alpha value is -0.660. The molecule has 0 radical (unpaired) electrons. The van der Waals surface area contributed by atoms with E-state index in [2.05, 4.69) is 33.8 Å². The third-order valence-electron chi connectivity index (χ3n) is 5.04. The molecule has 0 N–H and O–H groups in total. The highest BCUT2D eigenvalue weighted by atomic mass is 19.3. The van der Waals surface area contributed by atoms with E-state index in [4.69, 9.17) is 0 Å². The number of rotatable bonds is 4. The van der Waals surface area contributed by atoms with Crippen LogP contribution in [-0.4, -0.2) is 5.92 Å². The first kappa shape index (κ1) is 15.7. The Morgan fingerprint density at radius 2 is 2.00 bits per heavy atom. The molecule has 1 atom stereocenters. The van der Waals surface area contributed by atoms with Gasteiger partial charge in [-0.15, -0.1) is 0 Å².